The number of anilines is 1. The Morgan fingerprint density at radius 2 is 2.21 bits per heavy atom. The molecule has 5 heteroatoms. The average molecular weight is 265 g/mol. The summed E-state index contributed by atoms with van der Waals surface area (Å²) in [5.41, 5.74) is 1.39. The molecule has 1 aromatic rings. The first-order chi connectivity index (χ1) is 9.22. The maximum absolute atomic E-state index is 12.3. The highest BCUT2D eigenvalue weighted by Crippen LogP contribution is 2.10. The van der Waals surface area contributed by atoms with Crippen LogP contribution in [0.1, 0.15) is 31.3 Å². The number of hydrogen-bond donors (Lipinski definition) is 1. The molecule has 1 aromatic heterocycles. The lowest BCUT2D eigenvalue weighted by Crippen LogP contribution is -2.34. The molecule has 0 radical (unpaired) electrons. The Bertz CT molecular complexity index is 396. The van der Waals surface area contributed by atoms with Gasteiger partial charge in [0.1, 0.15) is 5.69 Å². The van der Waals surface area contributed by atoms with Crippen molar-refractivity contribution in [1.29, 1.82) is 0 Å². The number of rotatable bonds is 8. The van der Waals surface area contributed by atoms with Crippen molar-refractivity contribution in [2.24, 2.45) is 0 Å². The van der Waals surface area contributed by atoms with E-state index >= 15 is 0 Å². The van der Waals surface area contributed by atoms with Crippen molar-refractivity contribution >= 4 is 11.6 Å². The highest BCUT2D eigenvalue weighted by molar-refractivity contribution is 5.93. The third-order valence-electron chi connectivity index (χ3n) is 2.74. The van der Waals surface area contributed by atoms with Gasteiger partial charge in [-0.2, -0.15) is 0 Å². The van der Waals surface area contributed by atoms with E-state index in [1.807, 2.05) is 26.8 Å². The Balaban J connectivity index is 2.70. The zero-order valence-electron chi connectivity index (χ0n) is 12.0. The Morgan fingerprint density at radius 1 is 1.42 bits per heavy atom. The highest BCUT2D eigenvalue weighted by atomic mass is 16.5. The summed E-state index contributed by atoms with van der Waals surface area (Å²) in [6.45, 7) is 9.21. The maximum Gasteiger partial charge on any atom is 0.272 e. The summed E-state index contributed by atoms with van der Waals surface area (Å²) in [6, 6.07) is 3.64. The Kier molecular flexibility index (Phi) is 6.89. The van der Waals surface area contributed by atoms with Crippen molar-refractivity contribution in [2.45, 2.75) is 20.8 Å². The summed E-state index contributed by atoms with van der Waals surface area (Å²) >= 11 is 0. The van der Waals surface area contributed by atoms with E-state index in [9.17, 15) is 4.79 Å². The van der Waals surface area contributed by atoms with Crippen LogP contribution >= 0.6 is 0 Å². The summed E-state index contributed by atoms with van der Waals surface area (Å²) in [5, 5.41) is 3.18. The van der Waals surface area contributed by atoms with Crippen LogP contribution in [0.15, 0.2) is 18.3 Å². The molecule has 0 saturated heterocycles. The van der Waals surface area contributed by atoms with Gasteiger partial charge < -0.3 is 15.0 Å². The summed E-state index contributed by atoms with van der Waals surface area (Å²) in [4.78, 5) is 18.2. The standard InChI is InChI=1S/C14H23N3O2/c1-4-15-12-7-8-16-13(11-12)14(18)17(5-2)9-10-19-6-3/h7-8,11H,4-6,9-10H2,1-3H3,(H,15,16). The Hall–Kier alpha value is -1.62. The van der Waals surface area contributed by atoms with Gasteiger partial charge in [-0.3, -0.25) is 9.78 Å². The molecule has 0 fully saturated rings. The van der Waals surface area contributed by atoms with Gasteiger partial charge in [0.15, 0.2) is 0 Å². The molecule has 1 rings (SSSR count). The van der Waals surface area contributed by atoms with E-state index in [2.05, 4.69) is 10.3 Å². The number of aromatic nitrogens is 1. The zero-order chi connectivity index (χ0) is 14.1. The number of hydrogen-bond acceptors (Lipinski definition) is 4. The van der Waals surface area contributed by atoms with E-state index < -0.39 is 0 Å². The lowest BCUT2D eigenvalue weighted by Gasteiger charge is -2.20. The van der Waals surface area contributed by atoms with E-state index in [4.69, 9.17) is 4.74 Å². The number of pyridine rings is 1. The van der Waals surface area contributed by atoms with Gasteiger partial charge >= 0.3 is 0 Å². The Morgan fingerprint density at radius 3 is 2.84 bits per heavy atom. The second kappa shape index (κ2) is 8.48. The molecular weight excluding hydrogens is 242 g/mol. The van der Waals surface area contributed by atoms with Crippen molar-refractivity contribution in [3.63, 3.8) is 0 Å². The van der Waals surface area contributed by atoms with Crippen molar-refractivity contribution in [1.82, 2.24) is 9.88 Å². The topological polar surface area (TPSA) is 54.5 Å². The van der Waals surface area contributed by atoms with Crippen molar-refractivity contribution in [3.8, 4) is 0 Å². The van der Waals surface area contributed by atoms with Crippen LogP contribution in [0, 0.1) is 0 Å². The minimum atomic E-state index is -0.0537. The number of carbonyl (C=O) groups excluding carboxylic acids is 1. The largest absolute Gasteiger partial charge is 0.385 e. The minimum absolute atomic E-state index is 0.0537. The summed E-state index contributed by atoms with van der Waals surface area (Å²) in [6.07, 6.45) is 1.65. The van der Waals surface area contributed by atoms with E-state index in [1.165, 1.54) is 0 Å². The predicted octanol–water partition coefficient (Wildman–Crippen LogP) is 2.01. The molecule has 106 valence electrons. The molecule has 5 nitrogen and oxygen atoms in total. The van der Waals surface area contributed by atoms with Gasteiger partial charge in [-0.15, -0.1) is 0 Å². The molecule has 0 aromatic carbocycles. The number of carbonyl (C=O) groups is 1. The van der Waals surface area contributed by atoms with Gasteiger partial charge in [0, 0.05) is 38.1 Å². The summed E-state index contributed by atoms with van der Waals surface area (Å²) < 4.78 is 5.29. The average Bonchev–Trinajstić information content (AvgIpc) is 2.44. The molecule has 19 heavy (non-hydrogen) atoms. The zero-order valence-corrected chi connectivity index (χ0v) is 12.0. The predicted molar refractivity (Wildman–Crippen MR) is 76.5 cm³/mol. The third-order valence-corrected chi connectivity index (χ3v) is 2.74. The number of nitrogens with one attached hydrogen (secondary N) is 1. The molecule has 1 N–H and O–H groups in total. The molecular formula is C14H23N3O2. The van der Waals surface area contributed by atoms with E-state index in [1.54, 1.807) is 17.2 Å². The number of amides is 1. The first-order valence-electron chi connectivity index (χ1n) is 6.79. The summed E-state index contributed by atoms with van der Waals surface area (Å²) in [7, 11) is 0. The quantitative estimate of drug-likeness (QED) is 0.731. The van der Waals surface area contributed by atoms with Gasteiger partial charge in [-0.1, -0.05) is 0 Å². The van der Waals surface area contributed by atoms with Crippen LogP contribution in [-0.2, 0) is 4.74 Å². The first-order valence-corrected chi connectivity index (χ1v) is 6.79. The van der Waals surface area contributed by atoms with Crippen LogP contribution in [0.25, 0.3) is 0 Å². The normalized spacial score (nSPS) is 10.3. The summed E-state index contributed by atoms with van der Waals surface area (Å²) in [5.74, 6) is -0.0537. The second-order valence-corrected chi connectivity index (χ2v) is 4.04. The van der Waals surface area contributed by atoms with Crippen LogP contribution < -0.4 is 5.32 Å². The number of likely N-dealkylation sites (N-methyl/N-ethyl adjacent to an activating group) is 1. The molecule has 0 saturated carbocycles. The lowest BCUT2D eigenvalue weighted by molar-refractivity contribution is 0.0664. The van der Waals surface area contributed by atoms with Crippen LogP contribution in [0.3, 0.4) is 0 Å². The van der Waals surface area contributed by atoms with E-state index in [0.29, 0.717) is 32.0 Å². The van der Waals surface area contributed by atoms with Gasteiger partial charge in [-0.05, 0) is 32.9 Å². The van der Waals surface area contributed by atoms with Gasteiger partial charge in [0.2, 0.25) is 0 Å². The van der Waals surface area contributed by atoms with Crippen molar-refractivity contribution in [2.75, 3.05) is 38.2 Å². The monoisotopic (exact) mass is 265 g/mol. The molecule has 0 aliphatic heterocycles. The molecule has 0 aliphatic rings. The SMILES string of the molecule is CCNc1ccnc(C(=O)N(CC)CCOCC)c1. The molecule has 1 heterocycles. The van der Waals surface area contributed by atoms with Crippen LogP contribution in [0.5, 0.6) is 0 Å². The maximum atomic E-state index is 12.3. The lowest BCUT2D eigenvalue weighted by atomic mass is 10.2. The van der Waals surface area contributed by atoms with Gasteiger partial charge in [-0.25, -0.2) is 0 Å². The minimum Gasteiger partial charge on any atom is -0.385 e. The Labute approximate surface area is 115 Å². The molecule has 0 bridgehead atoms. The van der Waals surface area contributed by atoms with E-state index in [-0.39, 0.29) is 5.91 Å². The van der Waals surface area contributed by atoms with Gasteiger partial charge in [0.25, 0.3) is 5.91 Å². The van der Waals surface area contributed by atoms with Crippen molar-refractivity contribution in [3.05, 3.63) is 24.0 Å². The fourth-order valence-corrected chi connectivity index (χ4v) is 1.75. The molecule has 0 atom stereocenters. The fraction of sp³-hybridized carbons (Fsp3) is 0.571. The smallest absolute Gasteiger partial charge is 0.272 e. The van der Waals surface area contributed by atoms with Crippen LogP contribution in [0.2, 0.25) is 0 Å². The van der Waals surface area contributed by atoms with E-state index in [0.717, 1.165) is 12.2 Å². The second-order valence-electron chi connectivity index (χ2n) is 4.04. The molecule has 0 aliphatic carbocycles. The number of ether oxygens (including phenoxy) is 1. The third kappa shape index (κ3) is 4.87. The number of nitrogens with zero attached hydrogens (tertiary/aromatic N) is 2. The van der Waals surface area contributed by atoms with Crippen LogP contribution in [0.4, 0.5) is 5.69 Å². The van der Waals surface area contributed by atoms with Gasteiger partial charge in [0.05, 0.1) is 6.61 Å². The molecule has 0 unspecified atom stereocenters. The molecule has 1 amide bonds. The highest BCUT2D eigenvalue weighted by Gasteiger charge is 2.15. The molecule has 0 spiro atoms. The van der Waals surface area contributed by atoms with Crippen molar-refractivity contribution < 1.29 is 9.53 Å². The first kappa shape index (κ1) is 15.4. The fourth-order valence-electron chi connectivity index (χ4n) is 1.75. The van der Waals surface area contributed by atoms with Crippen LogP contribution in [-0.4, -0.2) is 48.6 Å².